The van der Waals surface area contributed by atoms with Crippen molar-refractivity contribution in [3.05, 3.63) is 35.9 Å². The van der Waals surface area contributed by atoms with Crippen molar-refractivity contribution in [3.8, 4) is 11.8 Å². The fourth-order valence-corrected chi connectivity index (χ4v) is 1.81. The van der Waals surface area contributed by atoms with Gasteiger partial charge in [-0.15, -0.1) is 0 Å². The topological polar surface area (TPSA) is 26.3 Å². The predicted molar refractivity (Wildman–Crippen MR) is 67.6 cm³/mol. The first kappa shape index (κ1) is 12.1. The van der Waals surface area contributed by atoms with Gasteiger partial charge in [0.2, 0.25) is 0 Å². The predicted octanol–water partition coefficient (Wildman–Crippen LogP) is 2.73. The van der Waals surface area contributed by atoms with Gasteiger partial charge in [0, 0.05) is 10.3 Å². The monoisotopic (exact) mass is 314 g/mol. The molecule has 2 nitrogen and oxygen atoms in total. The van der Waals surface area contributed by atoms with Gasteiger partial charge >= 0.3 is 5.97 Å². The molecule has 0 radical (unpaired) electrons. The van der Waals surface area contributed by atoms with Crippen LogP contribution in [0.4, 0.5) is 0 Å². The lowest BCUT2D eigenvalue weighted by molar-refractivity contribution is -0.141. The maximum Gasteiger partial charge on any atom is 0.384 e. The summed E-state index contributed by atoms with van der Waals surface area (Å²) in [5.41, 5.74) is 0.998. The lowest BCUT2D eigenvalue weighted by atomic mass is 10.1. The average Bonchev–Trinajstić information content (AvgIpc) is 2.27. The van der Waals surface area contributed by atoms with E-state index in [1.54, 1.807) is 6.92 Å². The molecule has 0 aliphatic carbocycles. The van der Waals surface area contributed by atoms with Crippen molar-refractivity contribution < 1.29 is 9.53 Å². The quantitative estimate of drug-likeness (QED) is 0.282. The van der Waals surface area contributed by atoms with Crippen LogP contribution in [0.5, 0.6) is 0 Å². The molecule has 1 atom stereocenters. The van der Waals surface area contributed by atoms with Crippen LogP contribution in [-0.2, 0) is 9.53 Å². The number of rotatable bonds is 3. The Hall–Kier alpha value is -1.02. The first-order valence-electron chi connectivity index (χ1n) is 4.52. The van der Waals surface area contributed by atoms with Crippen molar-refractivity contribution in [2.24, 2.45) is 0 Å². The third-order valence-corrected chi connectivity index (χ3v) is 2.59. The molecule has 1 aromatic rings. The number of ether oxygens (including phenoxy) is 1. The first-order valence-corrected chi connectivity index (χ1v) is 6.04. The van der Waals surface area contributed by atoms with E-state index in [9.17, 15) is 4.79 Å². The van der Waals surface area contributed by atoms with Crippen molar-refractivity contribution in [1.82, 2.24) is 0 Å². The summed E-state index contributed by atoms with van der Waals surface area (Å²) in [6.45, 7) is 1.61. The molecule has 0 aromatic heterocycles. The number of benzene rings is 1. The Morgan fingerprint density at radius 3 is 2.67 bits per heavy atom. The fourth-order valence-electron chi connectivity index (χ4n) is 1.12. The Balaban J connectivity index is 2.72. The van der Waals surface area contributed by atoms with E-state index in [1.165, 1.54) is 0 Å². The minimum Gasteiger partial charge on any atom is -0.447 e. The van der Waals surface area contributed by atoms with Crippen LogP contribution in [0.15, 0.2) is 30.3 Å². The van der Waals surface area contributed by atoms with Gasteiger partial charge < -0.3 is 4.74 Å². The molecule has 0 spiro atoms. The van der Waals surface area contributed by atoms with Crippen LogP contribution in [0.3, 0.4) is 0 Å². The van der Waals surface area contributed by atoms with Gasteiger partial charge in [0.05, 0.1) is 0 Å². The molecule has 15 heavy (non-hydrogen) atoms. The molecule has 0 saturated heterocycles. The molecule has 1 aromatic carbocycles. The number of carbonyl (C=O) groups is 1. The van der Waals surface area contributed by atoms with Gasteiger partial charge in [-0.1, -0.05) is 58.8 Å². The summed E-state index contributed by atoms with van der Waals surface area (Å²) < 4.78 is 5.93. The normalized spacial score (nSPS) is 11.1. The van der Waals surface area contributed by atoms with Gasteiger partial charge in [-0.2, -0.15) is 0 Å². The lowest BCUT2D eigenvalue weighted by Crippen LogP contribution is -2.10. The number of alkyl halides is 1. The van der Waals surface area contributed by atoms with Crippen LogP contribution in [0, 0.1) is 11.8 Å². The molecule has 0 aliphatic rings. The second-order valence-corrected chi connectivity index (χ2v) is 3.71. The van der Waals surface area contributed by atoms with Gasteiger partial charge in [-0.05, 0) is 12.5 Å². The molecule has 78 valence electrons. The fraction of sp³-hybridized carbons (Fsp3) is 0.250. The van der Waals surface area contributed by atoms with Crippen molar-refractivity contribution in [2.45, 2.75) is 13.0 Å². The lowest BCUT2D eigenvalue weighted by Gasteiger charge is -2.13. The highest BCUT2D eigenvalue weighted by molar-refractivity contribution is 14.1. The SMILES string of the molecule is CC#CC(=O)OC(CI)c1ccccc1. The van der Waals surface area contributed by atoms with Gasteiger partial charge in [0.15, 0.2) is 0 Å². The van der Waals surface area contributed by atoms with Crippen LogP contribution in [0.25, 0.3) is 0 Å². The highest BCUT2D eigenvalue weighted by Crippen LogP contribution is 2.19. The Morgan fingerprint density at radius 1 is 1.47 bits per heavy atom. The van der Waals surface area contributed by atoms with Crippen LogP contribution in [0.1, 0.15) is 18.6 Å². The van der Waals surface area contributed by atoms with E-state index in [4.69, 9.17) is 4.74 Å². The molecule has 0 aliphatic heterocycles. The zero-order chi connectivity index (χ0) is 11.1. The first-order chi connectivity index (χ1) is 7.27. The van der Waals surface area contributed by atoms with Crippen LogP contribution >= 0.6 is 22.6 Å². The maximum atomic E-state index is 11.2. The van der Waals surface area contributed by atoms with E-state index >= 15 is 0 Å². The smallest absolute Gasteiger partial charge is 0.384 e. The van der Waals surface area contributed by atoms with Gasteiger partial charge in [-0.3, -0.25) is 0 Å². The highest BCUT2D eigenvalue weighted by atomic mass is 127. The van der Waals surface area contributed by atoms with E-state index < -0.39 is 5.97 Å². The number of carbonyl (C=O) groups excluding carboxylic acids is 1. The molecule has 1 unspecified atom stereocenters. The van der Waals surface area contributed by atoms with Gasteiger partial charge in [0.25, 0.3) is 0 Å². The van der Waals surface area contributed by atoms with Gasteiger partial charge in [-0.25, -0.2) is 4.79 Å². The molecule has 1 rings (SSSR count). The van der Waals surface area contributed by atoms with Crippen LogP contribution in [0.2, 0.25) is 0 Å². The Labute approximate surface area is 103 Å². The summed E-state index contributed by atoms with van der Waals surface area (Å²) >= 11 is 2.19. The van der Waals surface area contributed by atoms with Crippen LogP contribution in [-0.4, -0.2) is 10.4 Å². The molecule has 3 heteroatoms. The Kier molecular flexibility index (Phi) is 5.19. The van der Waals surface area contributed by atoms with E-state index in [0.717, 1.165) is 9.99 Å². The molecule has 0 heterocycles. The largest absolute Gasteiger partial charge is 0.447 e. The number of hydrogen-bond acceptors (Lipinski definition) is 2. The Morgan fingerprint density at radius 2 is 2.13 bits per heavy atom. The maximum absolute atomic E-state index is 11.2. The summed E-state index contributed by atoms with van der Waals surface area (Å²) in [5.74, 6) is 4.42. The van der Waals surface area contributed by atoms with Crippen molar-refractivity contribution in [1.29, 1.82) is 0 Å². The second kappa shape index (κ2) is 6.46. The number of hydrogen-bond donors (Lipinski definition) is 0. The zero-order valence-corrected chi connectivity index (χ0v) is 10.5. The summed E-state index contributed by atoms with van der Waals surface area (Å²) in [6, 6.07) is 9.66. The number of halogens is 1. The van der Waals surface area contributed by atoms with Crippen molar-refractivity contribution >= 4 is 28.6 Å². The molecular weight excluding hydrogens is 303 g/mol. The van der Waals surface area contributed by atoms with E-state index in [0.29, 0.717) is 0 Å². The van der Waals surface area contributed by atoms with E-state index in [-0.39, 0.29) is 6.10 Å². The molecule has 0 fully saturated rings. The summed E-state index contributed by atoms with van der Waals surface area (Å²) in [5, 5.41) is 0. The zero-order valence-electron chi connectivity index (χ0n) is 8.37. The molecule has 0 N–H and O–H groups in total. The van der Waals surface area contributed by atoms with Crippen LogP contribution < -0.4 is 0 Å². The highest BCUT2D eigenvalue weighted by Gasteiger charge is 2.13. The van der Waals surface area contributed by atoms with Gasteiger partial charge in [0.1, 0.15) is 6.10 Å². The summed E-state index contributed by atoms with van der Waals surface area (Å²) in [4.78, 5) is 11.2. The summed E-state index contributed by atoms with van der Waals surface area (Å²) in [7, 11) is 0. The third kappa shape index (κ3) is 3.92. The second-order valence-electron chi connectivity index (χ2n) is 2.83. The minimum absolute atomic E-state index is 0.208. The Bertz CT molecular complexity index is 376. The molecule has 0 amide bonds. The van der Waals surface area contributed by atoms with Crippen molar-refractivity contribution in [2.75, 3.05) is 4.43 Å². The van der Waals surface area contributed by atoms with Crippen molar-refractivity contribution in [3.63, 3.8) is 0 Å². The minimum atomic E-state index is -0.469. The molecule has 0 bridgehead atoms. The van der Waals surface area contributed by atoms with E-state index in [2.05, 4.69) is 34.4 Å². The van der Waals surface area contributed by atoms with E-state index in [1.807, 2.05) is 30.3 Å². The standard InChI is InChI=1S/C12H11IO2/c1-2-6-12(14)15-11(9-13)10-7-4-3-5-8-10/h3-5,7-8,11H,9H2,1H3. The third-order valence-electron chi connectivity index (χ3n) is 1.79. The molecule has 0 saturated carbocycles. The number of esters is 1. The molecular formula is C12H11IO2. The summed E-state index contributed by atoms with van der Waals surface area (Å²) in [6.07, 6.45) is -0.208. The average molecular weight is 314 g/mol.